The van der Waals surface area contributed by atoms with Crippen molar-refractivity contribution in [3.8, 4) is 0 Å². The number of hydrogen-bond acceptors (Lipinski definition) is 5. The fourth-order valence-corrected chi connectivity index (χ4v) is 6.00. The maximum atomic E-state index is 13.3. The molecule has 1 aromatic carbocycles. The van der Waals surface area contributed by atoms with Gasteiger partial charge in [0.1, 0.15) is 11.7 Å². The third kappa shape index (κ3) is 6.95. The van der Waals surface area contributed by atoms with Crippen molar-refractivity contribution in [2.24, 2.45) is 5.41 Å². The number of unbranched alkanes of at least 4 members (excludes halogenated alkanes) is 1. The molecular formula is C32H47N5O3. The number of benzene rings is 1. The van der Waals surface area contributed by atoms with Crippen LogP contribution in [0.4, 0.5) is 5.69 Å². The SMILES string of the molecule is CCCC[C@H](NC(=O)c1[nH]c2c(c1C)C(=O)CC(C)(C)C2)C(=O)NCc1ccc(N2CCN(C(C)C)CC2)cc1. The summed E-state index contributed by atoms with van der Waals surface area (Å²) in [6, 6.07) is 8.32. The molecule has 2 heterocycles. The molecule has 0 radical (unpaired) electrons. The number of aromatic amines is 1. The van der Waals surface area contributed by atoms with Crippen LogP contribution in [-0.2, 0) is 17.8 Å². The van der Waals surface area contributed by atoms with E-state index in [2.05, 4.69) is 84.3 Å². The number of carbonyl (C=O) groups is 3. The molecule has 0 spiro atoms. The molecule has 1 atom stereocenters. The van der Waals surface area contributed by atoms with E-state index < -0.39 is 6.04 Å². The van der Waals surface area contributed by atoms with Crippen molar-refractivity contribution >= 4 is 23.3 Å². The lowest BCUT2D eigenvalue weighted by Gasteiger charge is -2.38. The number of nitrogens with zero attached hydrogens (tertiary/aromatic N) is 2. The minimum Gasteiger partial charge on any atom is -0.369 e. The Labute approximate surface area is 239 Å². The predicted octanol–water partition coefficient (Wildman–Crippen LogP) is 4.61. The predicted molar refractivity (Wildman–Crippen MR) is 160 cm³/mol. The molecule has 1 aromatic heterocycles. The molecule has 8 nitrogen and oxygen atoms in total. The summed E-state index contributed by atoms with van der Waals surface area (Å²) in [4.78, 5) is 47.4. The van der Waals surface area contributed by atoms with E-state index in [0.717, 1.165) is 56.7 Å². The molecule has 2 amide bonds. The number of H-pyrrole nitrogens is 1. The van der Waals surface area contributed by atoms with Gasteiger partial charge in [-0.15, -0.1) is 0 Å². The number of aromatic nitrogens is 1. The molecule has 1 aliphatic carbocycles. The van der Waals surface area contributed by atoms with Gasteiger partial charge in [-0.25, -0.2) is 0 Å². The Morgan fingerprint density at radius 2 is 1.73 bits per heavy atom. The normalized spacial score (nSPS) is 18.0. The van der Waals surface area contributed by atoms with E-state index in [1.165, 1.54) is 5.69 Å². The number of Topliss-reactive ketones (excluding diaryl/α,β-unsaturated/α-hetero) is 1. The third-order valence-corrected chi connectivity index (χ3v) is 8.41. The number of hydrogen-bond donors (Lipinski definition) is 3. The number of carbonyl (C=O) groups excluding carboxylic acids is 3. The van der Waals surface area contributed by atoms with Crippen molar-refractivity contribution in [1.82, 2.24) is 20.5 Å². The first-order chi connectivity index (χ1) is 19.0. The highest BCUT2D eigenvalue weighted by molar-refractivity contribution is 6.05. The van der Waals surface area contributed by atoms with Gasteiger partial charge in [0.2, 0.25) is 5.91 Å². The number of piperazine rings is 1. The van der Waals surface area contributed by atoms with Crippen molar-refractivity contribution in [3.05, 3.63) is 52.3 Å². The first-order valence-corrected chi connectivity index (χ1v) is 14.9. The van der Waals surface area contributed by atoms with Crippen molar-refractivity contribution < 1.29 is 14.4 Å². The van der Waals surface area contributed by atoms with Crippen LogP contribution in [0, 0.1) is 12.3 Å². The summed E-state index contributed by atoms with van der Waals surface area (Å²) < 4.78 is 0. The molecule has 0 saturated carbocycles. The third-order valence-electron chi connectivity index (χ3n) is 8.41. The minimum absolute atomic E-state index is 0.0724. The van der Waals surface area contributed by atoms with Gasteiger partial charge in [-0.2, -0.15) is 0 Å². The Morgan fingerprint density at radius 1 is 1.05 bits per heavy atom. The molecule has 1 fully saturated rings. The lowest BCUT2D eigenvalue weighted by Crippen LogP contribution is -2.48. The number of nitrogens with one attached hydrogen (secondary N) is 3. The van der Waals surface area contributed by atoms with Crippen LogP contribution < -0.4 is 15.5 Å². The van der Waals surface area contributed by atoms with Crippen molar-refractivity contribution in [2.45, 2.75) is 92.3 Å². The van der Waals surface area contributed by atoms with Gasteiger partial charge in [0.15, 0.2) is 5.78 Å². The monoisotopic (exact) mass is 549 g/mol. The molecule has 40 heavy (non-hydrogen) atoms. The van der Waals surface area contributed by atoms with Gasteiger partial charge in [0.05, 0.1) is 0 Å². The van der Waals surface area contributed by atoms with Gasteiger partial charge >= 0.3 is 0 Å². The molecule has 1 aliphatic heterocycles. The molecule has 4 rings (SSSR count). The zero-order valence-corrected chi connectivity index (χ0v) is 25.2. The average Bonchev–Trinajstić information content (AvgIpc) is 3.25. The highest BCUT2D eigenvalue weighted by atomic mass is 16.2. The van der Waals surface area contributed by atoms with E-state index in [-0.39, 0.29) is 23.0 Å². The smallest absolute Gasteiger partial charge is 0.268 e. The largest absolute Gasteiger partial charge is 0.369 e. The van der Waals surface area contributed by atoms with E-state index in [0.29, 0.717) is 42.2 Å². The first kappa shape index (κ1) is 29.8. The Bertz CT molecular complexity index is 1210. The van der Waals surface area contributed by atoms with Crippen molar-refractivity contribution in [1.29, 1.82) is 0 Å². The van der Waals surface area contributed by atoms with Gasteiger partial charge in [0.25, 0.3) is 5.91 Å². The number of amides is 2. The van der Waals surface area contributed by atoms with Gasteiger partial charge in [-0.3, -0.25) is 19.3 Å². The summed E-state index contributed by atoms with van der Waals surface area (Å²) >= 11 is 0. The average molecular weight is 550 g/mol. The molecule has 8 heteroatoms. The topological polar surface area (TPSA) is 97.5 Å². The molecule has 0 bridgehead atoms. The van der Waals surface area contributed by atoms with Crippen molar-refractivity contribution in [2.75, 3.05) is 31.1 Å². The molecule has 1 saturated heterocycles. The van der Waals surface area contributed by atoms with Crippen LogP contribution in [0.25, 0.3) is 0 Å². The minimum atomic E-state index is -0.643. The lowest BCUT2D eigenvalue weighted by molar-refractivity contribution is -0.123. The molecular weight excluding hydrogens is 502 g/mol. The van der Waals surface area contributed by atoms with Crippen LogP contribution in [-0.4, -0.2) is 65.7 Å². The second-order valence-corrected chi connectivity index (χ2v) is 12.6. The molecule has 2 aliphatic rings. The van der Waals surface area contributed by atoms with Crippen LogP contribution >= 0.6 is 0 Å². The summed E-state index contributed by atoms with van der Waals surface area (Å²) in [5.41, 5.74) is 4.61. The van der Waals surface area contributed by atoms with Gasteiger partial charge in [-0.05, 0) is 62.3 Å². The van der Waals surface area contributed by atoms with Crippen molar-refractivity contribution in [3.63, 3.8) is 0 Å². The van der Waals surface area contributed by atoms with Crippen LogP contribution in [0.1, 0.15) is 98.0 Å². The van der Waals surface area contributed by atoms with Crippen LogP contribution in [0.3, 0.4) is 0 Å². The maximum absolute atomic E-state index is 13.3. The maximum Gasteiger partial charge on any atom is 0.268 e. The number of anilines is 1. The summed E-state index contributed by atoms with van der Waals surface area (Å²) in [7, 11) is 0. The lowest BCUT2D eigenvalue weighted by atomic mass is 9.75. The first-order valence-electron chi connectivity index (χ1n) is 14.9. The van der Waals surface area contributed by atoms with Gasteiger partial charge < -0.3 is 20.5 Å². The number of ketones is 1. The Balaban J connectivity index is 1.36. The van der Waals surface area contributed by atoms with Crippen LogP contribution in [0.15, 0.2) is 24.3 Å². The van der Waals surface area contributed by atoms with E-state index in [4.69, 9.17) is 0 Å². The zero-order chi connectivity index (χ0) is 29.0. The Kier molecular flexibility index (Phi) is 9.39. The molecule has 218 valence electrons. The summed E-state index contributed by atoms with van der Waals surface area (Å²) in [6.45, 7) is 17.1. The second-order valence-electron chi connectivity index (χ2n) is 12.6. The van der Waals surface area contributed by atoms with Crippen LogP contribution in [0.5, 0.6) is 0 Å². The highest BCUT2D eigenvalue weighted by Gasteiger charge is 2.35. The second kappa shape index (κ2) is 12.6. The molecule has 3 N–H and O–H groups in total. The van der Waals surface area contributed by atoms with E-state index >= 15 is 0 Å². The standard InChI is InChI=1S/C32H47N5O3/c1-7-8-9-25(35-31(40)29-22(4)28-26(34-29)18-32(5,6)19-27(28)38)30(39)33-20-23-10-12-24(13-11-23)37-16-14-36(15-17-37)21(2)3/h10-13,21,25,34H,7-9,14-20H2,1-6H3,(H,33,39)(H,35,40)/t25-/m0/s1. The molecule has 0 unspecified atom stereocenters. The Morgan fingerprint density at radius 3 is 2.35 bits per heavy atom. The Hall–Kier alpha value is -3.13. The fourth-order valence-electron chi connectivity index (χ4n) is 6.00. The van der Waals surface area contributed by atoms with Gasteiger partial charge in [0, 0.05) is 62.1 Å². The quantitative estimate of drug-likeness (QED) is 0.402. The summed E-state index contributed by atoms with van der Waals surface area (Å²) in [5.74, 6) is -0.458. The number of fused-ring (bicyclic) bond motifs is 1. The van der Waals surface area contributed by atoms with E-state index in [1.807, 2.05) is 6.92 Å². The summed E-state index contributed by atoms with van der Waals surface area (Å²) in [5, 5.41) is 5.97. The summed E-state index contributed by atoms with van der Waals surface area (Å²) in [6.07, 6.45) is 3.49. The fraction of sp³-hybridized carbons (Fsp3) is 0.594. The zero-order valence-electron chi connectivity index (χ0n) is 25.2. The van der Waals surface area contributed by atoms with E-state index in [9.17, 15) is 14.4 Å². The van der Waals surface area contributed by atoms with E-state index in [1.54, 1.807) is 0 Å². The van der Waals surface area contributed by atoms with Gasteiger partial charge in [-0.1, -0.05) is 45.7 Å². The highest BCUT2D eigenvalue weighted by Crippen LogP contribution is 2.36. The molecule has 2 aromatic rings. The number of rotatable bonds is 10. The van der Waals surface area contributed by atoms with Crippen LogP contribution in [0.2, 0.25) is 0 Å².